The van der Waals surface area contributed by atoms with E-state index < -0.39 is 11.6 Å². The maximum atomic E-state index is 5.88. The Bertz CT molecular complexity index is 206. The summed E-state index contributed by atoms with van der Waals surface area (Å²) >= 11 is 0. The first kappa shape index (κ1) is 11.9. The van der Waals surface area contributed by atoms with E-state index in [2.05, 4.69) is 0 Å². The van der Waals surface area contributed by atoms with E-state index in [1.54, 1.807) is 14.2 Å². The van der Waals surface area contributed by atoms with Crippen LogP contribution >= 0.6 is 0 Å². The highest BCUT2D eigenvalue weighted by Crippen LogP contribution is 2.39. The van der Waals surface area contributed by atoms with E-state index >= 15 is 0 Å². The van der Waals surface area contributed by atoms with Crippen molar-refractivity contribution in [1.82, 2.24) is 0 Å². The fourth-order valence-electron chi connectivity index (χ4n) is 1.92. The van der Waals surface area contributed by atoms with E-state index in [1.165, 1.54) is 0 Å². The molecule has 1 aliphatic heterocycles. The molecule has 1 saturated heterocycles. The highest BCUT2D eigenvalue weighted by atomic mass is 16.9. The van der Waals surface area contributed by atoms with E-state index in [4.69, 9.17) is 18.9 Å². The van der Waals surface area contributed by atoms with Crippen LogP contribution in [0, 0.1) is 0 Å². The minimum absolute atomic E-state index is 0.315. The van der Waals surface area contributed by atoms with Crippen molar-refractivity contribution in [2.24, 2.45) is 0 Å². The Labute approximate surface area is 85.5 Å². The summed E-state index contributed by atoms with van der Waals surface area (Å²) in [6, 6.07) is 0. The van der Waals surface area contributed by atoms with Crippen molar-refractivity contribution < 1.29 is 18.9 Å². The molecule has 1 aliphatic rings. The van der Waals surface area contributed by atoms with Gasteiger partial charge in [0.05, 0.1) is 12.2 Å². The quantitative estimate of drug-likeness (QED) is 0.639. The number of hydrogen-bond donors (Lipinski definition) is 0. The molecule has 14 heavy (non-hydrogen) atoms. The summed E-state index contributed by atoms with van der Waals surface area (Å²) < 4.78 is 22.0. The van der Waals surface area contributed by atoms with Crippen LogP contribution in [0.1, 0.15) is 27.7 Å². The molecular weight excluding hydrogens is 184 g/mol. The third-order valence-electron chi connectivity index (χ3n) is 2.42. The molecule has 1 rings (SSSR count). The Morgan fingerprint density at radius 1 is 1.00 bits per heavy atom. The summed E-state index contributed by atoms with van der Waals surface area (Å²) in [6.07, 6.45) is 0. The number of hydrogen-bond acceptors (Lipinski definition) is 4. The van der Waals surface area contributed by atoms with Gasteiger partial charge in [-0.2, -0.15) is 0 Å². The van der Waals surface area contributed by atoms with E-state index in [9.17, 15) is 0 Å². The Kier molecular flexibility index (Phi) is 2.94. The van der Waals surface area contributed by atoms with Gasteiger partial charge >= 0.3 is 5.97 Å². The first-order valence-electron chi connectivity index (χ1n) is 4.73. The van der Waals surface area contributed by atoms with Gasteiger partial charge in [0, 0.05) is 14.2 Å². The largest absolute Gasteiger partial charge is 0.359 e. The van der Waals surface area contributed by atoms with Crippen LogP contribution in [0.3, 0.4) is 0 Å². The molecule has 1 heterocycles. The van der Waals surface area contributed by atoms with Crippen molar-refractivity contribution in [3.63, 3.8) is 0 Å². The van der Waals surface area contributed by atoms with Crippen LogP contribution in [0.5, 0.6) is 0 Å². The van der Waals surface area contributed by atoms with Gasteiger partial charge in [0.15, 0.2) is 0 Å². The predicted octanol–water partition coefficient (Wildman–Crippen LogP) is 1.54. The summed E-state index contributed by atoms with van der Waals surface area (Å²) in [5.74, 6) is -1.11. The Hall–Kier alpha value is -0.160. The molecule has 4 heteroatoms. The van der Waals surface area contributed by atoms with Crippen LogP contribution in [-0.4, -0.2) is 38.0 Å². The van der Waals surface area contributed by atoms with Crippen LogP contribution in [-0.2, 0) is 18.9 Å². The third kappa shape index (κ3) is 1.80. The topological polar surface area (TPSA) is 36.9 Å². The monoisotopic (exact) mass is 204 g/mol. The molecule has 0 atom stereocenters. The molecule has 0 aromatic carbocycles. The van der Waals surface area contributed by atoms with E-state index in [-0.39, 0.29) is 5.60 Å². The number of methoxy groups -OCH3 is 2. The van der Waals surface area contributed by atoms with Crippen molar-refractivity contribution in [3.8, 4) is 0 Å². The average Bonchev–Trinajstić information content (AvgIpc) is 2.03. The van der Waals surface area contributed by atoms with Gasteiger partial charge in [-0.3, -0.25) is 0 Å². The summed E-state index contributed by atoms with van der Waals surface area (Å²) in [4.78, 5) is 0. The Morgan fingerprint density at radius 3 is 1.86 bits per heavy atom. The smallest absolute Gasteiger partial charge is 0.312 e. The first-order valence-corrected chi connectivity index (χ1v) is 4.73. The zero-order chi connectivity index (χ0) is 11.0. The average molecular weight is 204 g/mol. The standard InChI is InChI=1S/C10H20O4/c1-8(2)7-13-10(11-5,12-6)9(3,4)14-8/h7H2,1-6H3. The van der Waals surface area contributed by atoms with Crippen molar-refractivity contribution in [3.05, 3.63) is 0 Å². The second-order valence-electron chi connectivity index (χ2n) is 4.63. The van der Waals surface area contributed by atoms with Crippen LogP contribution in [0.25, 0.3) is 0 Å². The minimum Gasteiger partial charge on any atom is -0.359 e. The maximum absolute atomic E-state index is 5.88. The lowest BCUT2D eigenvalue weighted by Gasteiger charge is -2.51. The molecule has 0 aliphatic carbocycles. The molecule has 0 saturated carbocycles. The van der Waals surface area contributed by atoms with Crippen molar-refractivity contribution in [2.75, 3.05) is 20.8 Å². The molecule has 0 amide bonds. The molecule has 0 radical (unpaired) electrons. The molecule has 0 spiro atoms. The van der Waals surface area contributed by atoms with Crippen molar-refractivity contribution in [1.29, 1.82) is 0 Å². The van der Waals surface area contributed by atoms with Gasteiger partial charge in [0.25, 0.3) is 0 Å². The molecule has 0 aromatic heterocycles. The molecule has 0 N–H and O–H groups in total. The third-order valence-corrected chi connectivity index (χ3v) is 2.42. The second-order valence-corrected chi connectivity index (χ2v) is 4.63. The predicted molar refractivity (Wildman–Crippen MR) is 51.9 cm³/mol. The lowest BCUT2D eigenvalue weighted by Crippen LogP contribution is -2.65. The van der Waals surface area contributed by atoms with Crippen LogP contribution in [0.4, 0.5) is 0 Å². The van der Waals surface area contributed by atoms with Crippen LogP contribution < -0.4 is 0 Å². The Balaban J connectivity index is 2.92. The van der Waals surface area contributed by atoms with Crippen LogP contribution in [0.15, 0.2) is 0 Å². The number of ether oxygens (including phenoxy) is 4. The molecular formula is C10H20O4. The first-order chi connectivity index (χ1) is 6.29. The fraction of sp³-hybridized carbons (Fsp3) is 1.00. The van der Waals surface area contributed by atoms with Gasteiger partial charge in [0.1, 0.15) is 5.60 Å². The molecule has 84 valence electrons. The molecule has 0 aromatic rings. The normalized spacial score (nSPS) is 28.7. The van der Waals surface area contributed by atoms with Gasteiger partial charge in [-0.15, -0.1) is 0 Å². The van der Waals surface area contributed by atoms with Crippen molar-refractivity contribution in [2.45, 2.75) is 44.9 Å². The maximum Gasteiger partial charge on any atom is 0.312 e. The Morgan fingerprint density at radius 2 is 1.50 bits per heavy atom. The summed E-state index contributed by atoms with van der Waals surface area (Å²) in [5.41, 5.74) is -0.956. The molecule has 0 bridgehead atoms. The number of rotatable bonds is 2. The lowest BCUT2D eigenvalue weighted by atomic mass is 10.0. The van der Waals surface area contributed by atoms with Gasteiger partial charge in [-0.25, -0.2) is 0 Å². The zero-order valence-electron chi connectivity index (χ0n) is 9.84. The highest BCUT2D eigenvalue weighted by Gasteiger charge is 2.55. The molecule has 1 fully saturated rings. The fourth-order valence-corrected chi connectivity index (χ4v) is 1.92. The summed E-state index contributed by atoms with van der Waals surface area (Å²) in [7, 11) is 3.10. The molecule has 0 unspecified atom stereocenters. The SMILES string of the molecule is COC1(OC)OCC(C)(C)OC1(C)C. The van der Waals surface area contributed by atoms with Crippen molar-refractivity contribution >= 4 is 0 Å². The van der Waals surface area contributed by atoms with Gasteiger partial charge in [-0.05, 0) is 27.7 Å². The van der Waals surface area contributed by atoms with E-state index in [0.717, 1.165) is 0 Å². The summed E-state index contributed by atoms with van der Waals surface area (Å²) in [5, 5.41) is 0. The lowest BCUT2D eigenvalue weighted by molar-refractivity contribution is -0.471. The zero-order valence-corrected chi connectivity index (χ0v) is 9.84. The minimum atomic E-state index is -1.11. The van der Waals surface area contributed by atoms with E-state index in [0.29, 0.717) is 6.61 Å². The second kappa shape index (κ2) is 3.45. The van der Waals surface area contributed by atoms with Gasteiger partial charge in [0.2, 0.25) is 0 Å². The molecule has 4 nitrogen and oxygen atoms in total. The van der Waals surface area contributed by atoms with Gasteiger partial charge in [-0.1, -0.05) is 0 Å². The van der Waals surface area contributed by atoms with Gasteiger partial charge < -0.3 is 18.9 Å². The summed E-state index contributed by atoms with van der Waals surface area (Å²) in [6.45, 7) is 8.17. The highest BCUT2D eigenvalue weighted by molar-refractivity contribution is 4.90. The van der Waals surface area contributed by atoms with E-state index in [1.807, 2.05) is 27.7 Å². The van der Waals surface area contributed by atoms with Crippen LogP contribution in [0.2, 0.25) is 0 Å².